The summed E-state index contributed by atoms with van der Waals surface area (Å²) in [5, 5.41) is 12.9. The second-order valence-corrected chi connectivity index (χ2v) is 3.44. The van der Waals surface area contributed by atoms with Gasteiger partial charge in [-0.3, -0.25) is 0 Å². The third-order valence-corrected chi connectivity index (χ3v) is 2.29. The van der Waals surface area contributed by atoms with Crippen molar-refractivity contribution >= 4 is 11.9 Å². The largest absolute Gasteiger partial charge is 0.395 e. The van der Waals surface area contributed by atoms with E-state index < -0.39 is 0 Å². The number of aliphatic hydroxyl groups excluding tert-OH is 1. The highest BCUT2D eigenvalue weighted by Crippen LogP contribution is 2.10. The van der Waals surface area contributed by atoms with Crippen molar-refractivity contribution in [2.24, 2.45) is 0 Å². The summed E-state index contributed by atoms with van der Waals surface area (Å²) in [6.45, 7) is 3.03. The van der Waals surface area contributed by atoms with E-state index in [0.717, 1.165) is 0 Å². The van der Waals surface area contributed by atoms with Crippen LogP contribution in [0.15, 0.2) is 12.7 Å². The van der Waals surface area contributed by atoms with Crippen molar-refractivity contribution in [1.82, 2.24) is 29.7 Å². The molecule has 3 N–H and O–H groups in total. The van der Waals surface area contributed by atoms with Crippen LogP contribution in [0.1, 0.15) is 6.92 Å². The van der Waals surface area contributed by atoms with Crippen molar-refractivity contribution in [3.63, 3.8) is 0 Å². The lowest BCUT2D eigenvalue weighted by molar-refractivity contribution is 0.301. The van der Waals surface area contributed by atoms with Gasteiger partial charge in [0.1, 0.15) is 12.7 Å². The van der Waals surface area contributed by atoms with E-state index in [0.29, 0.717) is 25.0 Å². The predicted molar refractivity (Wildman–Crippen MR) is 64.1 cm³/mol. The van der Waals surface area contributed by atoms with Gasteiger partial charge in [-0.25, -0.2) is 4.98 Å². The Morgan fingerprint density at radius 1 is 1.39 bits per heavy atom. The summed E-state index contributed by atoms with van der Waals surface area (Å²) in [5.41, 5.74) is 5.64. The second kappa shape index (κ2) is 5.36. The maximum atomic E-state index is 8.98. The molecule has 0 aromatic carbocycles. The number of nitrogen functional groups attached to an aromatic ring is 1. The summed E-state index contributed by atoms with van der Waals surface area (Å²) in [4.78, 5) is 17.9. The molecule has 0 saturated heterocycles. The van der Waals surface area contributed by atoms with Gasteiger partial charge in [0.2, 0.25) is 11.9 Å². The van der Waals surface area contributed by atoms with Gasteiger partial charge < -0.3 is 15.7 Å². The Balaban J connectivity index is 2.37. The highest BCUT2D eigenvalue weighted by Gasteiger charge is 2.12. The molecule has 96 valence electrons. The molecule has 0 fully saturated rings. The number of hydrogen-bond acceptors (Lipinski definition) is 8. The summed E-state index contributed by atoms with van der Waals surface area (Å²) in [6.07, 6.45) is 2.85. The van der Waals surface area contributed by atoms with Crippen molar-refractivity contribution < 1.29 is 5.11 Å². The van der Waals surface area contributed by atoms with E-state index in [1.165, 1.54) is 17.3 Å². The average Bonchev–Trinajstić information content (AvgIpc) is 2.89. The standard InChI is InChI=1S/C9H14N8O/c1-2-16(3-4-18)8-13-7(10)14-9(15-8)17-6-11-5-12-17/h5-6,18H,2-4H2,1H3,(H2,10,13,14,15). The lowest BCUT2D eigenvalue weighted by Crippen LogP contribution is -2.29. The molecule has 2 aromatic rings. The number of aliphatic hydroxyl groups is 1. The molecule has 0 bridgehead atoms. The zero-order valence-electron chi connectivity index (χ0n) is 9.93. The molecule has 0 saturated carbocycles. The smallest absolute Gasteiger partial charge is 0.258 e. The summed E-state index contributed by atoms with van der Waals surface area (Å²) in [6, 6.07) is 0. The van der Waals surface area contributed by atoms with Crippen molar-refractivity contribution in [2.45, 2.75) is 6.92 Å². The number of nitrogens with zero attached hydrogens (tertiary/aromatic N) is 7. The normalized spacial score (nSPS) is 10.6. The molecule has 0 radical (unpaired) electrons. The van der Waals surface area contributed by atoms with Crippen molar-refractivity contribution in [3.05, 3.63) is 12.7 Å². The van der Waals surface area contributed by atoms with E-state index in [1.807, 2.05) is 6.92 Å². The van der Waals surface area contributed by atoms with Crippen LogP contribution in [0.2, 0.25) is 0 Å². The fraction of sp³-hybridized carbons (Fsp3) is 0.444. The lowest BCUT2D eigenvalue weighted by atomic mass is 10.5. The van der Waals surface area contributed by atoms with Gasteiger partial charge in [-0.2, -0.15) is 24.7 Å². The van der Waals surface area contributed by atoms with Crippen LogP contribution in [-0.4, -0.2) is 54.5 Å². The molecule has 0 atom stereocenters. The van der Waals surface area contributed by atoms with Gasteiger partial charge in [0.25, 0.3) is 5.95 Å². The number of anilines is 2. The monoisotopic (exact) mass is 250 g/mol. The van der Waals surface area contributed by atoms with Crippen LogP contribution in [0.5, 0.6) is 0 Å². The van der Waals surface area contributed by atoms with Gasteiger partial charge >= 0.3 is 0 Å². The highest BCUT2D eigenvalue weighted by molar-refractivity contribution is 5.37. The molecule has 0 aliphatic carbocycles. The molecule has 0 amide bonds. The molecule has 0 spiro atoms. The van der Waals surface area contributed by atoms with E-state index in [1.54, 1.807) is 4.90 Å². The molecule has 9 nitrogen and oxygen atoms in total. The summed E-state index contributed by atoms with van der Waals surface area (Å²) < 4.78 is 1.40. The van der Waals surface area contributed by atoms with Crippen LogP contribution in [0.4, 0.5) is 11.9 Å². The highest BCUT2D eigenvalue weighted by atomic mass is 16.3. The van der Waals surface area contributed by atoms with Gasteiger partial charge in [-0.05, 0) is 6.92 Å². The Hall–Kier alpha value is -2.29. The Morgan fingerprint density at radius 2 is 2.22 bits per heavy atom. The third-order valence-electron chi connectivity index (χ3n) is 2.29. The van der Waals surface area contributed by atoms with Crippen molar-refractivity contribution in [1.29, 1.82) is 0 Å². The Labute approximate surface area is 103 Å². The van der Waals surface area contributed by atoms with Crippen LogP contribution >= 0.6 is 0 Å². The minimum atomic E-state index is 0.0120. The number of rotatable bonds is 5. The third kappa shape index (κ3) is 2.51. The predicted octanol–water partition coefficient (Wildman–Crippen LogP) is -1.15. The van der Waals surface area contributed by atoms with Crippen LogP contribution < -0.4 is 10.6 Å². The first-order valence-electron chi connectivity index (χ1n) is 5.47. The van der Waals surface area contributed by atoms with E-state index in [4.69, 9.17) is 10.8 Å². The molecule has 0 aliphatic rings. The Bertz CT molecular complexity index is 499. The minimum absolute atomic E-state index is 0.0120. The second-order valence-electron chi connectivity index (χ2n) is 3.44. The molecular weight excluding hydrogens is 236 g/mol. The summed E-state index contributed by atoms with van der Waals surface area (Å²) >= 11 is 0. The number of aromatic nitrogens is 6. The number of nitrogens with two attached hydrogens (primary N) is 1. The van der Waals surface area contributed by atoms with E-state index >= 15 is 0 Å². The van der Waals surface area contributed by atoms with Crippen LogP contribution in [0.3, 0.4) is 0 Å². The minimum Gasteiger partial charge on any atom is -0.395 e. The van der Waals surface area contributed by atoms with Gasteiger partial charge in [-0.1, -0.05) is 0 Å². The van der Waals surface area contributed by atoms with Crippen molar-refractivity contribution in [2.75, 3.05) is 30.3 Å². The van der Waals surface area contributed by atoms with Gasteiger partial charge in [0.15, 0.2) is 0 Å². The lowest BCUT2D eigenvalue weighted by Gasteiger charge is -2.19. The average molecular weight is 250 g/mol. The van der Waals surface area contributed by atoms with Crippen LogP contribution in [-0.2, 0) is 0 Å². The van der Waals surface area contributed by atoms with E-state index in [2.05, 4.69) is 25.0 Å². The molecule has 2 heterocycles. The summed E-state index contributed by atoms with van der Waals surface area (Å²) in [7, 11) is 0. The van der Waals surface area contributed by atoms with Crippen LogP contribution in [0, 0.1) is 0 Å². The van der Waals surface area contributed by atoms with Gasteiger partial charge in [0, 0.05) is 13.1 Å². The topological polar surface area (TPSA) is 119 Å². The van der Waals surface area contributed by atoms with Gasteiger partial charge in [0.05, 0.1) is 6.61 Å². The fourth-order valence-corrected chi connectivity index (χ4v) is 1.44. The molecule has 2 rings (SSSR count). The number of likely N-dealkylation sites (N-methyl/N-ethyl adjacent to an activating group) is 1. The zero-order valence-corrected chi connectivity index (χ0v) is 9.93. The van der Waals surface area contributed by atoms with E-state index in [9.17, 15) is 0 Å². The zero-order chi connectivity index (χ0) is 13.0. The summed E-state index contributed by atoms with van der Waals surface area (Å²) in [5.74, 6) is 0.804. The molecule has 0 unspecified atom stereocenters. The molecular formula is C9H14N8O. The molecule has 2 aromatic heterocycles. The Kier molecular flexibility index (Phi) is 3.63. The number of hydrogen-bond donors (Lipinski definition) is 2. The fourth-order valence-electron chi connectivity index (χ4n) is 1.44. The molecule has 9 heteroatoms. The maximum absolute atomic E-state index is 8.98. The molecule has 0 aliphatic heterocycles. The van der Waals surface area contributed by atoms with Gasteiger partial charge in [-0.15, -0.1) is 0 Å². The van der Waals surface area contributed by atoms with Crippen molar-refractivity contribution in [3.8, 4) is 5.95 Å². The SMILES string of the molecule is CCN(CCO)c1nc(N)nc(-n2cncn2)n1. The quantitative estimate of drug-likeness (QED) is 0.683. The molecule has 18 heavy (non-hydrogen) atoms. The first-order chi connectivity index (χ1) is 8.74. The van der Waals surface area contributed by atoms with Crippen LogP contribution in [0.25, 0.3) is 5.95 Å². The Morgan fingerprint density at radius 3 is 2.83 bits per heavy atom. The van der Waals surface area contributed by atoms with E-state index in [-0.39, 0.29) is 12.6 Å². The maximum Gasteiger partial charge on any atom is 0.258 e. The first-order valence-corrected chi connectivity index (χ1v) is 5.47. The first kappa shape index (κ1) is 12.2.